The minimum absolute atomic E-state index is 1.03. The van der Waals surface area contributed by atoms with Gasteiger partial charge in [-0.1, -0.05) is 6.92 Å². The minimum atomic E-state index is 1.03. The van der Waals surface area contributed by atoms with Crippen LogP contribution in [0.4, 0.5) is 0 Å². The van der Waals surface area contributed by atoms with E-state index in [0.717, 1.165) is 25.9 Å². The van der Waals surface area contributed by atoms with Gasteiger partial charge in [0, 0.05) is 37.4 Å². The van der Waals surface area contributed by atoms with Crippen LogP contribution in [-0.2, 0) is 19.4 Å². The van der Waals surface area contributed by atoms with E-state index in [-0.39, 0.29) is 0 Å². The van der Waals surface area contributed by atoms with Gasteiger partial charge < -0.3 is 5.32 Å². The van der Waals surface area contributed by atoms with Crippen LogP contribution in [0.2, 0.25) is 0 Å². The lowest BCUT2D eigenvalue weighted by molar-refractivity contribution is 0.256. The molecule has 16 heavy (non-hydrogen) atoms. The summed E-state index contributed by atoms with van der Waals surface area (Å²) >= 11 is 1.91. The van der Waals surface area contributed by atoms with Crippen LogP contribution in [0.25, 0.3) is 0 Å². The summed E-state index contributed by atoms with van der Waals surface area (Å²) in [7, 11) is 2.00. The van der Waals surface area contributed by atoms with Crippen molar-refractivity contribution in [2.24, 2.45) is 0 Å². The molecule has 0 saturated heterocycles. The molecule has 2 heterocycles. The third kappa shape index (κ3) is 2.81. The highest BCUT2D eigenvalue weighted by molar-refractivity contribution is 7.11. The molecule has 0 spiro atoms. The monoisotopic (exact) mass is 239 g/mol. The van der Waals surface area contributed by atoms with Crippen LogP contribution in [0, 0.1) is 0 Å². The zero-order valence-electron chi connectivity index (χ0n) is 10.3. The molecule has 0 unspecified atom stereocenters. The molecule has 0 atom stereocenters. The molecule has 4 heteroatoms. The molecule has 1 aliphatic heterocycles. The van der Waals surface area contributed by atoms with Crippen LogP contribution in [0.3, 0.4) is 0 Å². The van der Waals surface area contributed by atoms with E-state index in [9.17, 15) is 0 Å². The van der Waals surface area contributed by atoms with Crippen molar-refractivity contribution in [1.29, 1.82) is 0 Å². The lowest BCUT2D eigenvalue weighted by Crippen LogP contribution is -2.30. The largest absolute Gasteiger partial charge is 0.319 e. The molecule has 2 rings (SSSR count). The summed E-state index contributed by atoms with van der Waals surface area (Å²) in [6, 6.07) is 0. The van der Waals surface area contributed by atoms with E-state index in [2.05, 4.69) is 17.1 Å². The average Bonchev–Trinajstić information content (AvgIpc) is 2.68. The SMILES string of the molecule is CCCN1CCc2nc(CCNC)sc2C1. The van der Waals surface area contributed by atoms with Gasteiger partial charge in [0.25, 0.3) is 0 Å². The van der Waals surface area contributed by atoms with Crippen molar-refractivity contribution in [2.45, 2.75) is 32.7 Å². The van der Waals surface area contributed by atoms with Gasteiger partial charge in [-0.25, -0.2) is 4.98 Å². The molecule has 1 N–H and O–H groups in total. The second kappa shape index (κ2) is 5.75. The summed E-state index contributed by atoms with van der Waals surface area (Å²) in [4.78, 5) is 8.78. The molecule has 3 nitrogen and oxygen atoms in total. The van der Waals surface area contributed by atoms with Crippen LogP contribution >= 0.6 is 11.3 Å². The molecule has 0 fully saturated rings. The van der Waals surface area contributed by atoms with Crippen LogP contribution in [-0.4, -0.2) is 36.6 Å². The molecule has 90 valence electrons. The predicted molar refractivity (Wildman–Crippen MR) is 69.0 cm³/mol. The molecule has 0 saturated carbocycles. The maximum absolute atomic E-state index is 4.73. The fraction of sp³-hybridized carbons (Fsp3) is 0.750. The molecule has 0 aliphatic carbocycles. The van der Waals surface area contributed by atoms with Gasteiger partial charge in [0.2, 0.25) is 0 Å². The third-order valence-corrected chi connectivity index (χ3v) is 4.13. The fourth-order valence-corrected chi connectivity index (χ4v) is 3.30. The van der Waals surface area contributed by atoms with Crippen LogP contribution < -0.4 is 5.32 Å². The van der Waals surface area contributed by atoms with Crippen molar-refractivity contribution >= 4 is 11.3 Å². The van der Waals surface area contributed by atoms with Gasteiger partial charge in [-0.15, -0.1) is 11.3 Å². The lowest BCUT2D eigenvalue weighted by Gasteiger charge is -2.25. The van der Waals surface area contributed by atoms with Crippen molar-refractivity contribution in [3.05, 3.63) is 15.6 Å². The van der Waals surface area contributed by atoms with Crippen LogP contribution in [0.5, 0.6) is 0 Å². The van der Waals surface area contributed by atoms with E-state index in [1.54, 1.807) is 0 Å². The number of nitrogens with one attached hydrogen (secondary N) is 1. The quantitative estimate of drug-likeness (QED) is 0.847. The fourth-order valence-electron chi connectivity index (χ4n) is 2.15. The van der Waals surface area contributed by atoms with Gasteiger partial charge in [-0.05, 0) is 20.0 Å². The third-order valence-electron chi connectivity index (χ3n) is 2.98. The number of hydrogen-bond acceptors (Lipinski definition) is 4. The summed E-state index contributed by atoms with van der Waals surface area (Å²) in [5.41, 5.74) is 1.36. The Morgan fingerprint density at radius 1 is 1.50 bits per heavy atom. The summed E-state index contributed by atoms with van der Waals surface area (Å²) in [5.74, 6) is 0. The Morgan fingerprint density at radius 2 is 2.38 bits per heavy atom. The van der Waals surface area contributed by atoms with Gasteiger partial charge in [-0.2, -0.15) is 0 Å². The molecule has 0 radical (unpaired) electrons. The Kier molecular flexibility index (Phi) is 4.32. The number of hydrogen-bond donors (Lipinski definition) is 1. The van der Waals surface area contributed by atoms with Gasteiger partial charge in [0.05, 0.1) is 10.7 Å². The number of fused-ring (bicyclic) bond motifs is 1. The van der Waals surface area contributed by atoms with Crippen molar-refractivity contribution in [1.82, 2.24) is 15.2 Å². The number of aromatic nitrogens is 1. The molecular weight excluding hydrogens is 218 g/mol. The highest BCUT2D eigenvalue weighted by Crippen LogP contribution is 2.25. The molecule has 1 aromatic rings. The first-order valence-electron chi connectivity index (χ1n) is 6.18. The number of likely N-dealkylation sites (N-methyl/N-ethyl adjacent to an activating group) is 1. The van der Waals surface area contributed by atoms with Crippen molar-refractivity contribution in [3.8, 4) is 0 Å². The molecule has 1 aromatic heterocycles. The first kappa shape index (κ1) is 12.0. The maximum atomic E-state index is 4.73. The Bertz CT molecular complexity index is 335. The van der Waals surface area contributed by atoms with Crippen LogP contribution in [0.1, 0.15) is 28.9 Å². The topological polar surface area (TPSA) is 28.2 Å². The zero-order valence-corrected chi connectivity index (χ0v) is 11.1. The Balaban J connectivity index is 1.99. The highest BCUT2D eigenvalue weighted by atomic mass is 32.1. The van der Waals surface area contributed by atoms with E-state index < -0.39 is 0 Å². The van der Waals surface area contributed by atoms with Crippen molar-refractivity contribution in [3.63, 3.8) is 0 Å². The average molecular weight is 239 g/mol. The van der Waals surface area contributed by atoms with Crippen molar-refractivity contribution in [2.75, 3.05) is 26.7 Å². The first-order chi connectivity index (χ1) is 7.83. The van der Waals surface area contributed by atoms with Crippen LogP contribution in [0.15, 0.2) is 0 Å². The molecule has 0 amide bonds. The Hall–Kier alpha value is -0.450. The van der Waals surface area contributed by atoms with E-state index in [1.807, 2.05) is 18.4 Å². The molecular formula is C12H21N3S. The summed E-state index contributed by atoms with van der Waals surface area (Å²) in [5, 5.41) is 4.49. The standard InChI is InChI=1S/C12H21N3S/c1-3-7-15-8-5-10-11(9-15)16-12(14-10)4-6-13-2/h13H,3-9H2,1-2H3. The first-order valence-corrected chi connectivity index (χ1v) is 6.99. The van der Waals surface area contributed by atoms with E-state index >= 15 is 0 Å². The normalized spacial score (nSPS) is 16.4. The second-order valence-electron chi connectivity index (χ2n) is 4.36. The highest BCUT2D eigenvalue weighted by Gasteiger charge is 2.19. The second-order valence-corrected chi connectivity index (χ2v) is 5.53. The van der Waals surface area contributed by atoms with Gasteiger partial charge >= 0.3 is 0 Å². The molecule has 0 aromatic carbocycles. The van der Waals surface area contributed by atoms with Gasteiger partial charge in [-0.3, -0.25) is 4.90 Å². The van der Waals surface area contributed by atoms with Gasteiger partial charge in [0.1, 0.15) is 0 Å². The number of nitrogens with zero attached hydrogens (tertiary/aromatic N) is 2. The van der Waals surface area contributed by atoms with Gasteiger partial charge in [0.15, 0.2) is 0 Å². The Morgan fingerprint density at radius 3 is 3.12 bits per heavy atom. The summed E-state index contributed by atoms with van der Waals surface area (Å²) in [6.07, 6.45) is 3.47. The molecule has 0 bridgehead atoms. The predicted octanol–water partition coefficient (Wildman–Crippen LogP) is 1.67. The summed E-state index contributed by atoms with van der Waals surface area (Å²) in [6.45, 7) is 6.82. The zero-order chi connectivity index (χ0) is 11.4. The number of thiazole rings is 1. The molecule has 1 aliphatic rings. The minimum Gasteiger partial charge on any atom is -0.319 e. The van der Waals surface area contributed by atoms with E-state index in [0.29, 0.717) is 0 Å². The van der Waals surface area contributed by atoms with E-state index in [4.69, 9.17) is 4.98 Å². The number of rotatable bonds is 5. The van der Waals surface area contributed by atoms with E-state index in [1.165, 1.54) is 35.1 Å². The smallest absolute Gasteiger partial charge is 0.0944 e. The summed E-state index contributed by atoms with van der Waals surface area (Å²) < 4.78 is 0. The Labute approximate surface area is 102 Å². The maximum Gasteiger partial charge on any atom is 0.0944 e. The van der Waals surface area contributed by atoms with Crippen molar-refractivity contribution < 1.29 is 0 Å². The lowest BCUT2D eigenvalue weighted by atomic mass is 10.2.